The summed E-state index contributed by atoms with van der Waals surface area (Å²) in [6, 6.07) is 13.7. The molecule has 0 unspecified atom stereocenters. The van der Waals surface area contributed by atoms with Crippen molar-refractivity contribution in [1.29, 1.82) is 0 Å². The molecule has 1 saturated heterocycles. The SMILES string of the molecule is CC(=O)c1cccc(S(=O)(=O)N2CCN(c3ccc(Nc4cc(C)ccn4)nn3)CC2)c1. The molecule has 0 atom stereocenters. The van der Waals surface area contributed by atoms with E-state index in [1.807, 2.05) is 36.1 Å². The maximum absolute atomic E-state index is 13.0. The van der Waals surface area contributed by atoms with E-state index in [2.05, 4.69) is 20.5 Å². The standard InChI is InChI=1S/C22H24N6O3S/c1-16-8-9-23-21(14-16)24-20-6-7-22(26-25-20)27-10-12-28(13-11-27)32(30,31)19-5-3-4-18(15-19)17(2)29/h3-9,14-15H,10-13H2,1-2H3,(H,23,24,25). The number of pyridine rings is 1. The fraction of sp³-hybridized carbons (Fsp3) is 0.273. The van der Waals surface area contributed by atoms with E-state index in [9.17, 15) is 13.2 Å². The van der Waals surface area contributed by atoms with E-state index in [0.29, 0.717) is 49.2 Å². The number of benzene rings is 1. The third-order valence-corrected chi connectivity index (χ3v) is 7.16. The van der Waals surface area contributed by atoms with Gasteiger partial charge in [-0.1, -0.05) is 12.1 Å². The van der Waals surface area contributed by atoms with Crippen molar-refractivity contribution >= 4 is 33.3 Å². The zero-order valence-electron chi connectivity index (χ0n) is 17.9. The number of sulfonamides is 1. The van der Waals surface area contributed by atoms with E-state index < -0.39 is 10.0 Å². The molecular weight excluding hydrogens is 428 g/mol. The Kier molecular flexibility index (Phi) is 6.15. The third kappa shape index (κ3) is 4.76. The van der Waals surface area contributed by atoms with Gasteiger partial charge in [0.05, 0.1) is 4.90 Å². The summed E-state index contributed by atoms with van der Waals surface area (Å²) in [6.07, 6.45) is 1.73. The Hall–Kier alpha value is -3.37. The van der Waals surface area contributed by atoms with Crippen LogP contribution in [0.1, 0.15) is 22.8 Å². The van der Waals surface area contributed by atoms with Gasteiger partial charge in [-0.3, -0.25) is 4.79 Å². The number of nitrogens with one attached hydrogen (secondary N) is 1. The fourth-order valence-corrected chi connectivity index (χ4v) is 4.95. The Morgan fingerprint density at radius 2 is 1.75 bits per heavy atom. The summed E-state index contributed by atoms with van der Waals surface area (Å²) in [5.74, 6) is 1.79. The van der Waals surface area contributed by atoms with Crippen LogP contribution < -0.4 is 10.2 Å². The largest absolute Gasteiger partial charge is 0.352 e. The van der Waals surface area contributed by atoms with E-state index in [0.717, 1.165) is 5.56 Å². The Labute approximate surface area is 187 Å². The zero-order valence-corrected chi connectivity index (χ0v) is 18.7. The van der Waals surface area contributed by atoms with Crippen LogP contribution in [0.15, 0.2) is 59.6 Å². The van der Waals surface area contributed by atoms with Crippen LogP contribution in [0.4, 0.5) is 17.5 Å². The number of rotatable bonds is 6. The summed E-state index contributed by atoms with van der Waals surface area (Å²) in [7, 11) is -3.67. The molecular formula is C22H24N6O3S. The van der Waals surface area contributed by atoms with Crippen molar-refractivity contribution < 1.29 is 13.2 Å². The average Bonchev–Trinajstić information content (AvgIpc) is 2.80. The highest BCUT2D eigenvalue weighted by molar-refractivity contribution is 7.89. The van der Waals surface area contributed by atoms with Gasteiger partial charge < -0.3 is 10.2 Å². The van der Waals surface area contributed by atoms with Crippen molar-refractivity contribution in [1.82, 2.24) is 19.5 Å². The predicted molar refractivity (Wildman–Crippen MR) is 122 cm³/mol. The van der Waals surface area contributed by atoms with Crippen molar-refractivity contribution in [2.75, 3.05) is 36.4 Å². The van der Waals surface area contributed by atoms with E-state index in [1.54, 1.807) is 18.3 Å². The highest BCUT2D eigenvalue weighted by atomic mass is 32.2. The van der Waals surface area contributed by atoms with E-state index in [1.165, 1.54) is 23.4 Å². The van der Waals surface area contributed by atoms with E-state index in [4.69, 9.17) is 0 Å². The topological polar surface area (TPSA) is 108 Å². The van der Waals surface area contributed by atoms with Gasteiger partial charge in [-0.25, -0.2) is 13.4 Å². The van der Waals surface area contributed by atoms with Crippen molar-refractivity contribution in [2.24, 2.45) is 0 Å². The van der Waals surface area contributed by atoms with Crippen molar-refractivity contribution in [3.63, 3.8) is 0 Å². The molecule has 32 heavy (non-hydrogen) atoms. The number of Topliss-reactive ketones (excluding diaryl/α,β-unsaturated/α-hetero) is 1. The number of ketones is 1. The van der Waals surface area contributed by atoms with Gasteiger partial charge in [0, 0.05) is 37.9 Å². The number of anilines is 3. The van der Waals surface area contributed by atoms with Crippen LogP contribution in [0.3, 0.4) is 0 Å². The van der Waals surface area contributed by atoms with Gasteiger partial charge in [0.25, 0.3) is 0 Å². The maximum atomic E-state index is 13.0. The smallest absolute Gasteiger partial charge is 0.243 e. The van der Waals surface area contributed by atoms with Crippen molar-refractivity contribution in [3.8, 4) is 0 Å². The molecule has 2 aromatic heterocycles. The van der Waals surface area contributed by atoms with Gasteiger partial charge in [0.1, 0.15) is 5.82 Å². The number of hydrogen-bond donors (Lipinski definition) is 1. The first-order chi connectivity index (χ1) is 15.3. The molecule has 1 aliphatic rings. The lowest BCUT2D eigenvalue weighted by Crippen LogP contribution is -2.49. The van der Waals surface area contributed by atoms with Gasteiger partial charge in [-0.2, -0.15) is 4.31 Å². The van der Waals surface area contributed by atoms with Crippen molar-refractivity contribution in [2.45, 2.75) is 18.7 Å². The molecule has 166 valence electrons. The Morgan fingerprint density at radius 1 is 0.969 bits per heavy atom. The van der Waals surface area contributed by atoms with Crippen LogP contribution in [0.2, 0.25) is 0 Å². The predicted octanol–water partition coefficient (Wildman–Crippen LogP) is 2.64. The van der Waals surface area contributed by atoms with Gasteiger partial charge in [-0.15, -0.1) is 10.2 Å². The molecule has 4 rings (SSSR count). The van der Waals surface area contributed by atoms with Crippen LogP contribution >= 0.6 is 0 Å². The second-order valence-electron chi connectivity index (χ2n) is 7.60. The molecule has 3 heterocycles. The molecule has 1 fully saturated rings. The highest BCUT2D eigenvalue weighted by Gasteiger charge is 2.29. The maximum Gasteiger partial charge on any atom is 0.243 e. The summed E-state index contributed by atoms with van der Waals surface area (Å²) in [4.78, 5) is 18.0. The first-order valence-electron chi connectivity index (χ1n) is 10.2. The highest BCUT2D eigenvalue weighted by Crippen LogP contribution is 2.22. The molecule has 9 nitrogen and oxygen atoms in total. The second-order valence-corrected chi connectivity index (χ2v) is 9.53. The molecule has 0 bridgehead atoms. The number of carbonyl (C=O) groups excluding carboxylic acids is 1. The molecule has 1 N–H and O–H groups in total. The summed E-state index contributed by atoms with van der Waals surface area (Å²) in [6.45, 7) is 5.04. The number of carbonyl (C=O) groups is 1. The summed E-state index contributed by atoms with van der Waals surface area (Å²) >= 11 is 0. The molecule has 1 aromatic carbocycles. The van der Waals surface area contributed by atoms with Crippen LogP contribution in [0.5, 0.6) is 0 Å². The first-order valence-corrected chi connectivity index (χ1v) is 11.7. The number of nitrogens with zero attached hydrogens (tertiary/aromatic N) is 5. The number of aryl methyl sites for hydroxylation is 1. The monoisotopic (exact) mass is 452 g/mol. The second kappa shape index (κ2) is 9.01. The Morgan fingerprint density at radius 3 is 2.41 bits per heavy atom. The molecule has 0 radical (unpaired) electrons. The first kappa shape index (κ1) is 21.8. The average molecular weight is 453 g/mol. The summed E-state index contributed by atoms with van der Waals surface area (Å²) in [5.41, 5.74) is 1.47. The molecule has 0 spiro atoms. The van der Waals surface area contributed by atoms with Gasteiger partial charge in [0.15, 0.2) is 17.4 Å². The molecule has 1 aliphatic heterocycles. The van der Waals surface area contributed by atoms with Crippen LogP contribution in [-0.2, 0) is 10.0 Å². The van der Waals surface area contributed by atoms with Crippen LogP contribution in [0.25, 0.3) is 0 Å². The van der Waals surface area contributed by atoms with Crippen molar-refractivity contribution in [3.05, 3.63) is 65.9 Å². The van der Waals surface area contributed by atoms with Gasteiger partial charge >= 0.3 is 0 Å². The van der Waals surface area contributed by atoms with Crippen LogP contribution in [-0.4, -0.2) is 59.9 Å². The third-order valence-electron chi connectivity index (χ3n) is 5.26. The van der Waals surface area contributed by atoms with Gasteiger partial charge in [0.2, 0.25) is 10.0 Å². The summed E-state index contributed by atoms with van der Waals surface area (Å²) in [5, 5.41) is 11.6. The molecule has 0 amide bonds. The normalized spacial score (nSPS) is 14.9. The van der Waals surface area contributed by atoms with Gasteiger partial charge in [-0.05, 0) is 55.8 Å². The minimum Gasteiger partial charge on any atom is -0.352 e. The lowest BCUT2D eigenvalue weighted by Gasteiger charge is -2.34. The van der Waals surface area contributed by atoms with Crippen LogP contribution in [0, 0.1) is 6.92 Å². The molecule has 3 aromatic rings. The number of aromatic nitrogens is 3. The Bertz CT molecular complexity index is 1220. The lowest BCUT2D eigenvalue weighted by atomic mass is 10.2. The molecule has 0 saturated carbocycles. The minimum atomic E-state index is -3.67. The van der Waals surface area contributed by atoms with E-state index >= 15 is 0 Å². The molecule has 0 aliphatic carbocycles. The quantitative estimate of drug-likeness (QED) is 0.569. The fourth-order valence-electron chi connectivity index (χ4n) is 3.48. The summed E-state index contributed by atoms with van der Waals surface area (Å²) < 4.78 is 27.4. The van der Waals surface area contributed by atoms with E-state index in [-0.39, 0.29) is 10.7 Å². The zero-order chi connectivity index (χ0) is 22.7. The molecule has 10 heteroatoms. The minimum absolute atomic E-state index is 0.138. The number of hydrogen-bond acceptors (Lipinski definition) is 8. The number of piperazine rings is 1. The lowest BCUT2D eigenvalue weighted by molar-refractivity contribution is 0.101. The Balaban J connectivity index is 1.40.